The van der Waals surface area contributed by atoms with E-state index in [2.05, 4.69) is 17.9 Å². The molecule has 14 nitrogen and oxygen atoms in total. The Balaban J connectivity index is 5.27. The number of amides is 4. The Morgan fingerprint density at radius 1 is 0.867 bits per heavy atom. The second kappa shape index (κ2) is 13.3. The number of aliphatic hydroxyl groups excluding tert-OH is 1. The lowest BCUT2D eigenvalue weighted by atomic mass is 10.1. The number of hydrogen-bond acceptors (Lipinski definition) is 9. The lowest BCUT2D eigenvalue weighted by Crippen LogP contribution is -2.58. The maximum atomic E-state index is 12.3. The molecule has 0 aliphatic rings. The van der Waals surface area contributed by atoms with Gasteiger partial charge in [0.2, 0.25) is 23.6 Å². The van der Waals surface area contributed by atoms with Crippen LogP contribution in [-0.2, 0) is 28.8 Å². The van der Waals surface area contributed by atoms with Gasteiger partial charge in [-0.2, -0.15) is 12.6 Å². The SMILES string of the molecule is NC(=O)CCC(NC(=O)C(CC(=O)O)NC(=O)C(CO)NC(=O)C(N)CS)C(=O)O. The van der Waals surface area contributed by atoms with Crippen LogP contribution in [0.1, 0.15) is 19.3 Å². The Morgan fingerprint density at radius 2 is 1.37 bits per heavy atom. The van der Waals surface area contributed by atoms with Crippen LogP contribution in [0.15, 0.2) is 0 Å². The lowest BCUT2D eigenvalue weighted by molar-refractivity contribution is -0.144. The third-order valence-electron chi connectivity index (χ3n) is 3.65. The zero-order valence-corrected chi connectivity index (χ0v) is 16.6. The molecule has 0 aromatic rings. The van der Waals surface area contributed by atoms with Crippen LogP contribution in [0.5, 0.6) is 0 Å². The van der Waals surface area contributed by atoms with Gasteiger partial charge >= 0.3 is 11.9 Å². The molecule has 0 saturated carbocycles. The molecule has 30 heavy (non-hydrogen) atoms. The molecule has 10 N–H and O–H groups in total. The summed E-state index contributed by atoms with van der Waals surface area (Å²) < 4.78 is 0. The smallest absolute Gasteiger partial charge is 0.326 e. The summed E-state index contributed by atoms with van der Waals surface area (Å²) in [6.45, 7) is -0.894. The van der Waals surface area contributed by atoms with Crippen LogP contribution < -0.4 is 27.4 Å². The van der Waals surface area contributed by atoms with E-state index in [1.165, 1.54) is 0 Å². The predicted molar refractivity (Wildman–Crippen MR) is 103 cm³/mol. The third kappa shape index (κ3) is 10.0. The molecule has 0 aliphatic carbocycles. The van der Waals surface area contributed by atoms with Gasteiger partial charge in [0.1, 0.15) is 18.1 Å². The second-order valence-electron chi connectivity index (χ2n) is 6.10. The van der Waals surface area contributed by atoms with Gasteiger partial charge in [-0.1, -0.05) is 0 Å². The van der Waals surface area contributed by atoms with Crippen molar-refractivity contribution in [3.8, 4) is 0 Å². The molecule has 4 amide bonds. The number of carbonyl (C=O) groups is 6. The summed E-state index contributed by atoms with van der Waals surface area (Å²) in [6, 6.07) is -5.96. The van der Waals surface area contributed by atoms with Crippen molar-refractivity contribution < 1.29 is 44.1 Å². The summed E-state index contributed by atoms with van der Waals surface area (Å²) in [7, 11) is 0. The van der Waals surface area contributed by atoms with E-state index < -0.39 is 72.8 Å². The minimum atomic E-state index is -1.74. The molecule has 4 atom stereocenters. The summed E-state index contributed by atoms with van der Waals surface area (Å²) in [5.74, 6) is -6.98. The molecule has 0 saturated heterocycles. The normalized spacial score (nSPS) is 14.5. The van der Waals surface area contributed by atoms with Crippen molar-refractivity contribution in [1.82, 2.24) is 16.0 Å². The van der Waals surface area contributed by atoms with Gasteiger partial charge in [-0.25, -0.2) is 4.79 Å². The van der Waals surface area contributed by atoms with Crippen LogP contribution in [0.3, 0.4) is 0 Å². The van der Waals surface area contributed by atoms with E-state index >= 15 is 0 Å². The molecule has 0 aromatic carbocycles. The number of carbonyl (C=O) groups excluding carboxylic acids is 4. The molecule has 0 heterocycles. The highest BCUT2D eigenvalue weighted by Gasteiger charge is 2.31. The summed E-state index contributed by atoms with van der Waals surface area (Å²) in [5, 5.41) is 33.5. The van der Waals surface area contributed by atoms with E-state index in [-0.39, 0.29) is 18.6 Å². The van der Waals surface area contributed by atoms with Gasteiger partial charge in [-0.05, 0) is 6.42 Å². The standard InChI is InChI=1S/C15H25N5O9S/c16-6(5-30)12(25)20-9(4-21)14(27)19-8(3-11(23)24)13(26)18-7(15(28)29)1-2-10(17)22/h6-9,21,30H,1-5,16H2,(H2,17,22)(H,18,26)(H,19,27)(H,20,25)(H,23,24)(H,28,29). The van der Waals surface area contributed by atoms with Crippen LogP contribution in [-0.4, -0.2) is 87.4 Å². The van der Waals surface area contributed by atoms with Crippen molar-refractivity contribution in [3.05, 3.63) is 0 Å². The number of rotatable bonds is 14. The quantitative estimate of drug-likeness (QED) is 0.114. The number of carboxylic acids is 2. The monoisotopic (exact) mass is 451 g/mol. The molecular formula is C15H25N5O9S. The molecule has 0 spiro atoms. The number of primary amides is 1. The van der Waals surface area contributed by atoms with Crippen LogP contribution in [0.4, 0.5) is 0 Å². The highest BCUT2D eigenvalue weighted by Crippen LogP contribution is 2.02. The molecule has 0 radical (unpaired) electrons. The zero-order chi connectivity index (χ0) is 23.4. The Bertz CT molecular complexity index is 675. The molecule has 0 aromatic heterocycles. The van der Waals surface area contributed by atoms with E-state index in [0.717, 1.165) is 0 Å². The van der Waals surface area contributed by atoms with Crippen LogP contribution in [0, 0.1) is 0 Å². The number of aliphatic carboxylic acids is 2. The van der Waals surface area contributed by atoms with Gasteiger partial charge in [0.15, 0.2) is 0 Å². The van der Waals surface area contributed by atoms with Crippen molar-refractivity contribution >= 4 is 48.2 Å². The minimum absolute atomic E-state index is 0.0580. The number of carboxylic acid groups (broad SMARTS) is 2. The van der Waals surface area contributed by atoms with E-state index in [1.54, 1.807) is 0 Å². The maximum Gasteiger partial charge on any atom is 0.326 e. The highest BCUT2D eigenvalue weighted by molar-refractivity contribution is 7.80. The second-order valence-corrected chi connectivity index (χ2v) is 6.46. The minimum Gasteiger partial charge on any atom is -0.481 e. The van der Waals surface area contributed by atoms with Gasteiger partial charge in [0.25, 0.3) is 0 Å². The van der Waals surface area contributed by atoms with E-state index in [4.69, 9.17) is 21.7 Å². The zero-order valence-electron chi connectivity index (χ0n) is 15.7. The number of aliphatic hydroxyl groups is 1. The first-order valence-corrected chi connectivity index (χ1v) is 9.17. The van der Waals surface area contributed by atoms with Gasteiger partial charge in [0, 0.05) is 12.2 Å². The molecule has 0 rings (SSSR count). The Hall–Kier alpha value is -2.91. The highest BCUT2D eigenvalue weighted by atomic mass is 32.1. The number of nitrogens with two attached hydrogens (primary N) is 2. The molecule has 15 heteroatoms. The Labute approximate surface area is 176 Å². The van der Waals surface area contributed by atoms with Crippen molar-refractivity contribution in [2.24, 2.45) is 11.5 Å². The fourth-order valence-electron chi connectivity index (χ4n) is 2.03. The van der Waals surface area contributed by atoms with E-state index in [1.807, 2.05) is 10.6 Å². The van der Waals surface area contributed by atoms with Crippen molar-refractivity contribution in [3.63, 3.8) is 0 Å². The fourth-order valence-corrected chi connectivity index (χ4v) is 2.19. The first-order valence-electron chi connectivity index (χ1n) is 8.54. The first kappa shape index (κ1) is 27.1. The van der Waals surface area contributed by atoms with Gasteiger partial charge < -0.3 is 42.7 Å². The lowest BCUT2D eigenvalue weighted by Gasteiger charge is -2.23. The predicted octanol–water partition coefficient (Wildman–Crippen LogP) is -4.48. The largest absolute Gasteiger partial charge is 0.481 e. The summed E-state index contributed by atoms with van der Waals surface area (Å²) in [6.07, 6.45) is -1.65. The summed E-state index contributed by atoms with van der Waals surface area (Å²) >= 11 is 3.81. The van der Waals surface area contributed by atoms with Gasteiger partial charge in [0.05, 0.1) is 19.1 Å². The van der Waals surface area contributed by atoms with E-state index in [9.17, 15) is 33.9 Å². The van der Waals surface area contributed by atoms with Crippen LogP contribution >= 0.6 is 12.6 Å². The average molecular weight is 451 g/mol. The molecule has 0 aliphatic heterocycles. The average Bonchev–Trinajstić information content (AvgIpc) is 2.66. The number of thiol groups is 1. The molecular weight excluding hydrogens is 426 g/mol. The molecule has 170 valence electrons. The van der Waals surface area contributed by atoms with Gasteiger partial charge in [-0.15, -0.1) is 0 Å². The molecule has 0 fully saturated rings. The number of nitrogens with one attached hydrogen (secondary N) is 3. The van der Waals surface area contributed by atoms with Crippen LogP contribution in [0.2, 0.25) is 0 Å². The number of hydrogen-bond donors (Lipinski definition) is 9. The fraction of sp³-hybridized carbons (Fsp3) is 0.600. The molecule has 0 bridgehead atoms. The van der Waals surface area contributed by atoms with Crippen molar-refractivity contribution in [2.75, 3.05) is 12.4 Å². The maximum absolute atomic E-state index is 12.3. The van der Waals surface area contributed by atoms with Crippen molar-refractivity contribution in [2.45, 2.75) is 43.4 Å². The summed E-state index contributed by atoms with van der Waals surface area (Å²) in [4.78, 5) is 69.4. The Morgan fingerprint density at radius 3 is 1.80 bits per heavy atom. The topological polar surface area (TPSA) is 251 Å². The summed E-state index contributed by atoms with van der Waals surface area (Å²) in [5.41, 5.74) is 10.4. The Kier molecular flexibility index (Phi) is 12.0. The molecule has 4 unspecified atom stereocenters. The van der Waals surface area contributed by atoms with E-state index in [0.29, 0.717) is 0 Å². The van der Waals surface area contributed by atoms with Gasteiger partial charge in [-0.3, -0.25) is 24.0 Å². The van der Waals surface area contributed by atoms with Crippen LogP contribution in [0.25, 0.3) is 0 Å². The third-order valence-corrected chi connectivity index (χ3v) is 4.05. The van der Waals surface area contributed by atoms with Crippen molar-refractivity contribution in [1.29, 1.82) is 0 Å². The first-order chi connectivity index (χ1) is 13.9.